The van der Waals surface area contributed by atoms with Crippen LogP contribution in [-0.2, 0) is 19.3 Å². The summed E-state index contributed by atoms with van der Waals surface area (Å²) in [6.45, 7) is 1.80. The van der Waals surface area contributed by atoms with Crippen molar-refractivity contribution in [1.82, 2.24) is 4.57 Å². The van der Waals surface area contributed by atoms with Gasteiger partial charge in [0, 0.05) is 34.1 Å². The Kier molecular flexibility index (Phi) is 4.79. The van der Waals surface area contributed by atoms with Gasteiger partial charge in [-0.15, -0.1) is 0 Å². The highest BCUT2D eigenvalue weighted by atomic mass is 15.0. The summed E-state index contributed by atoms with van der Waals surface area (Å²) in [6.07, 6.45) is 11.0. The molecular formula is C51H36N2. The maximum absolute atomic E-state index is 9.24. The zero-order valence-corrected chi connectivity index (χ0v) is 29.1. The van der Waals surface area contributed by atoms with Crippen LogP contribution in [0.4, 0.5) is 5.69 Å². The van der Waals surface area contributed by atoms with Gasteiger partial charge in [0.15, 0.2) is 0 Å². The molecule has 0 radical (unpaired) electrons. The first kappa shape index (κ1) is 23.3. The molecule has 0 spiro atoms. The van der Waals surface area contributed by atoms with Crippen LogP contribution >= 0.6 is 0 Å². The van der Waals surface area contributed by atoms with Gasteiger partial charge in [-0.2, -0.15) is 0 Å². The summed E-state index contributed by atoms with van der Waals surface area (Å²) in [5, 5.41) is 5.01. The lowest BCUT2D eigenvalue weighted by atomic mass is 9.89. The molecule has 53 heavy (non-hydrogen) atoms. The van der Waals surface area contributed by atoms with Gasteiger partial charge in [-0.3, -0.25) is 4.99 Å². The average molecular weight is 684 g/mol. The molecule has 1 aliphatic heterocycles. The number of rotatable bonds is 3. The monoisotopic (exact) mass is 683 g/mol. The van der Waals surface area contributed by atoms with Gasteiger partial charge < -0.3 is 4.57 Å². The molecule has 8 aromatic rings. The largest absolute Gasteiger partial charge is 0.309 e. The molecule has 1 aromatic heterocycles. The minimum atomic E-state index is -0.450. The van der Waals surface area contributed by atoms with Crippen LogP contribution in [0.25, 0.3) is 60.5 Å². The van der Waals surface area contributed by atoms with Gasteiger partial charge in [0.25, 0.3) is 0 Å². The zero-order chi connectivity index (χ0) is 40.9. The van der Waals surface area contributed by atoms with Crippen LogP contribution in [0, 0.1) is 12.8 Å². The van der Waals surface area contributed by atoms with Crippen LogP contribution in [0.5, 0.6) is 0 Å². The van der Waals surface area contributed by atoms with Gasteiger partial charge in [0.2, 0.25) is 0 Å². The Labute approximate surface area is 318 Å². The minimum Gasteiger partial charge on any atom is -0.309 e. The third-order valence-electron chi connectivity index (χ3n) is 12.2. The SMILES string of the molecule is [2H]c1c([2H])c([2H])c(C2=Nc3c(c(C)c([2H])c([2H])c3-c3ccc4c(c3)Cc3c-4ccc4cccc(-n5c6ccccc6c6c7c(ccc65)C5C=CC=CC5C7)c34)C2)c([2H])c1[2H]. The van der Waals surface area contributed by atoms with E-state index < -0.39 is 18.1 Å². The van der Waals surface area contributed by atoms with Crippen molar-refractivity contribution in [2.24, 2.45) is 10.9 Å². The van der Waals surface area contributed by atoms with Crippen molar-refractivity contribution >= 4 is 44.0 Å². The topological polar surface area (TPSA) is 17.3 Å². The first-order chi connectivity index (χ1) is 29.1. The summed E-state index contributed by atoms with van der Waals surface area (Å²) >= 11 is 0. The molecule has 2 heteroatoms. The second-order valence-electron chi connectivity index (χ2n) is 14.9. The Balaban J connectivity index is 1.01. The predicted molar refractivity (Wildman–Crippen MR) is 221 cm³/mol. The lowest BCUT2D eigenvalue weighted by Gasteiger charge is -2.16. The van der Waals surface area contributed by atoms with E-state index in [9.17, 15) is 1.37 Å². The molecule has 2 nitrogen and oxygen atoms in total. The molecule has 12 rings (SSSR count). The van der Waals surface area contributed by atoms with Crippen LogP contribution in [0.1, 0.15) is 54.5 Å². The van der Waals surface area contributed by atoms with E-state index in [1.807, 2.05) is 6.07 Å². The predicted octanol–water partition coefficient (Wildman–Crippen LogP) is 12.5. The Bertz CT molecular complexity index is 3380. The summed E-state index contributed by atoms with van der Waals surface area (Å²) < 4.78 is 62.6. The van der Waals surface area contributed by atoms with Crippen molar-refractivity contribution < 1.29 is 9.60 Å². The second-order valence-corrected chi connectivity index (χ2v) is 14.9. The number of hydrogen-bond acceptors (Lipinski definition) is 1. The van der Waals surface area contributed by atoms with E-state index in [4.69, 9.17) is 13.2 Å². The molecule has 250 valence electrons. The molecule has 0 fully saturated rings. The highest BCUT2D eigenvalue weighted by Crippen LogP contribution is 2.49. The molecule has 0 bridgehead atoms. The number of benzene rings is 7. The van der Waals surface area contributed by atoms with E-state index in [1.165, 1.54) is 54.8 Å². The Morgan fingerprint density at radius 1 is 0.679 bits per heavy atom. The van der Waals surface area contributed by atoms with Gasteiger partial charge in [0.1, 0.15) is 0 Å². The molecule has 0 saturated carbocycles. The lowest BCUT2D eigenvalue weighted by Crippen LogP contribution is -2.04. The van der Waals surface area contributed by atoms with E-state index in [-0.39, 0.29) is 36.2 Å². The smallest absolute Gasteiger partial charge is 0.0750 e. The summed E-state index contributed by atoms with van der Waals surface area (Å²) in [5.41, 5.74) is 14.8. The number of para-hydroxylation sites is 1. The van der Waals surface area contributed by atoms with Gasteiger partial charge in [-0.05, 0) is 105 Å². The number of allylic oxidation sites excluding steroid dienone is 4. The molecular weight excluding hydrogens is 641 g/mol. The van der Waals surface area contributed by atoms with Crippen molar-refractivity contribution in [3.63, 3.8) is 0 Å². The fraction of sp³-hybridized carbons (Fsp3) is 0.118. The van der Waals surface area contributed by atoms with Crippen molar-refractivity contribution in [1.29, 1.82) is 0 Å². The molecule has 2 atom stereocenters. The number of aromatic nitrogens is 1. The summed E-state index contributed by atoms with van der Waals surface area (Å²) in [4.78, 5) is 4.94. The van der Waals surface area contributed by atoms with E-state index in [2.05, 4.69) is 108 Å². The van der Waals surface area contributed by atoms with Crippen molar-refractivity contribution in [3.8, 4) is 27.9 Å². The molecule has 2 unspecified atom stereocenters. The number of aliphatic imine (C=N–C) groups is 1. The van der Waals surface area contributed by atoms with Gasteiger partial charge in [-0.25, -0.2) is 0 Å². The van der Waals surface area contributed by atoms with Crippen molar-refractivity contribution in [2.45, 2.75) is 32.1 Å². The molecule has 2 heterocycles. The molecule has 0 saturated heterocycles. The summed E-state index contributed by atoms with van der Waals surface area (Å²) in [5.74, 6) is 0.898. The summed E-state index contributed by atoms with van der Waals surface area (Å²) in [6, 6.07) is 29.1. The van der Waals surface area contributed by atoms with Gasteiger partial charge in [-0.1, -0.05) is 133 Å². The van der Waals surface area contributed by atoms with Gasteiger partial charge >= 0.3 is 0 Å². The number of fused-ring (bicyclic) bond motifs is 13. The first-order valence-corrected chi connectivity index (χ1v) is 18.5. The van der Waals surface area contributed by atoms with Crippen molar-refractivity contribution in [3.05, 3.63) is 190 Å². The summed E-state index contributed by atoms with van der Waals surface area (Å²) in [7, 11) is 0. The van der Waals surface area contributed by atoms with Crippen LogP contribution in [0.2, 0.25) is 0 Å². The van der Waals surface area contributed by atoms with E-state index in [0.717, 1.165) is 34.4 Å². The number of nitrogens with zero attached hydrogens (tertiary/aromatic N) is 2. The third kappa shape index (κ3) is 4.12. The normalized spacial score (nSPS) is 19.5. The molecule has 4 aliphatic rings. The maximum atomic E-state index is 9.24. The Hall–Kier alpha value is -6.25. The maximum Gasteiger partial charge on any atom is 0.0750 e. The Morgan fingerprint density at radius 2 is 1.57 bits per heavy atom. The molecule has 3 aliphatic carbocycles. The van der Waals surface area contributed by atoms with Crippen LogP contribution in [0.3, 0.4) is 0 Å². The van der Waals surface area contributed by atoms with E-state index in [1.54, 1.807) is 6.92 Å². The third-order valence-corrected chi connectivity index (χ3v) is 12.2. The van der Waals surface area contributed by atoms with Crippen LogP contribution in [0.15, 0.2) is 157 Å². The molecule has 0 N–H and O–H groups in total. The van der Waals surface area contributed by atoms with Gasteiger partial charge in [0.05, 0.1) is 37.7 Å². The quantitative estimate of drug-likeness (QED) is 0.176. The highest BCUT2D eigenvalue weighted by Gasteiger charge is 2.33. The minimum absolute atomic E-state index is 0.0599. The fourth-order valence-electron chi connectivity index (χ4n) is 9.81. The molecule has 0 amide bonds. The zero-order valence-electron chi connectivity index (χ0n) is 36.1. The Morgan fingerprint density at radius 3 is 2.51 bits per heavy atom. The standard InChI is InChI=1S/C51H36N2/c1-30-18-21-38(51-42(30)29-45(52-51)31-10-3-2-4-11-31)34-20-22-37-35(26-34)28-43-39(37)23-19-32-13-9-17-47(49(32)43)53-46-16-8-7-15-41(46)50-44-27-33-12-5-6-14-36(33)40(44)24-25-48(50)53/h2-26,33,36H,27-29H2,1H3/i2D,3D,4D,10D,11D,18D,21D. The lowest BCUT2D eigenvalue weighted by molar-refractivity contribution is 0.631. The second kappa shape index (κ2) is 10.9. The van der Waals surface area contributed by atoms with Crippen LogP contribution < -0.4 is 0 Å². The number of hydrogen-bond donors (Lipinski definition) is 0. The highest BCUT2D eigenvalue weighted by molar-refractivity contribution is 6.13. The van der Waals surface area contributed by atoms with E-state index in [0.29, 0.717) is 40.8 Å². The first-order valence-electron chi connectivity index (χ1n) is 22.0. The van der Waals surface area contributed by atoms with Crippen molar-refractivity contribution in [2.75, 3.05) is 0 Å². The molecule has 7 aromatic carbocycles. The van der Waals surface area contributed by atoms with E-state index >= 15 is 0 Å². The average Bonchev–Trinajstić information content (AvgIpc) is 4.04. The fourth-order valence-corrected chi connectivity index (χ4v) is 9.81. The van der Waals surface area contributed by atoms with Crippen LogP contribution in [-0.4, -0.2) is 10.3 Å².